The average molecular weight is 321 g/mol. The predicted octanol–water partition coefficient (Wildman–Crippen LogP) is 1.33. The Kier molecular flexibility index (Phi) is 18.6. The van der Waals surface area contributed by atoms with E-state index in [1.54, 1.807) is 0 Å². The van der Waals surface area contributed by atoms with Crippen molar-refractivity contribution >= 4 is 0 Å². The van der Waals surface area contributed by atoms with Gasteiger partial charge in [0.15, 0.2) is 0 Å². The van der Waals surface area contributed by atoms with Gasteiger partial charge in [-0.1, -0.05) is 20.8 Å². The molecular formula is C16H35NO5. The van der Waals surface area contributed by atoms with Crippen molar-refractivity contribution < 1.29 is 23.7 Å². The molecule has 0 aromatic carbocycles. The van der Waals surface area contributed by atoms with E-state index in [-0.39, 0.29) is 0 Å². The Hall–Kier alpha value is -0.240. The Bertz CT molecular complexity index is 205. The Morgan fingerprint density at radius 3 is 1.45 bits per heavy atom. The lowest BCUT2D eigenvalue weighted by Gasteiger charge is -2.08. The summed E-state index contributed by atoms with van der Waals surface area (Å²) in [7, 11) is 0. The zero-order valence-corrected chi connectivity index (χ0v) is 14.6. The fraction of sp³-hybridized carbons (Fsp3) is 1.00. The molecule has 0 fully saturated rings. The zero-order valence-electron chi connectivity index (χ0n) is 14.6. The van der Waals surface area contributed by atoms with Crippen LogP contribution in [-0.4, -0.2) is 79.2 Å². The SMILES string of the molecule is CCNCCOCCOCCOCCOCCOCC(C)C. The highest BCUT2D eigenvalue weighted by Gasteiger charge is 1.95. The van der Waals surface area contributed by atoms with Crippen LogP contribution in [0, 0.1) is 5.92 Å². The Labute approximate surface area is 135 Å². The molecule has 0 bridgehead atoms. The van der Waals surface area contributed by atoms with Gasteiger partial charge in [-0.3, -0.25) is 0 Å². The lowest BCUT2D eigenvalue weighted by molar-refractivity contribution is -0.0125. The van der Waals surface area contributed by atoms with E-state index in [1.807, 2.05) is 0 Å². The van der Waals surface area contributed by atoms with Gasteiger partial charge in [0.1, 0.15) is 0 Å². The molecule has 0 aromatic heterocycles. The summed E-state index contributed by atoms with van der Waals surface area (Å²) in [5.74, 6) is 0.571. The third-order valence-electron chi connectivity index (χ3n) is 2.61. The van der Waals surface area contributed by atoms with Gasteiger partial charge in [-0.2, -0.15) is 0 Å². The van der Waals surface area contributed by atoms with Gasteiger partial charge in [0.25, 0.3) is 0 Å². The Morgan fingerprint density at radius 1 is 0.636 bits per heavy atom. The molecule has 6 heteroatoms. The van der Waals surface area contributed by atoms with Gasteiger partial charge in [0, 0.05) is 13.2 Å². The minimum Gasteiger partial charge on any atom is -0.379 e. The number of hydrogen-bond acceptors (Lipinski definition) is 6. The van der Waals surface area contributed by atoms with Crippen LogP contribution >= 0.6 is 0 Å². The topological polar surface area (TPSA) is 58.2 Å². The van der Waals surface area contributed by atoms with E-state index in [9.17, 15) is 0 Å². The molecule has 0 aliphatic carbocycles. The van der Waals surface area contributed by atoms with Crippen LogP contribution in [0.15, 0.2) is 0 Å². The summed E-state index contributed by atoms with van der Waals surface area (Å²) in [5.41, 5.74) is 0. The maximum atomic E-state index is 5.41. The first-order chi connectivity index (χ1) is 10.8. The largest absolute Gasteiger partial charge is 0.379 e. The molecule has 22 heavy (non-hydrogen) atoms. The first-order valence-corrected chi connectivity index (χ1v) is 8.36. The zero-order chi connectivity index (χ0) is 16.3. The first-order valence-electron chi connectivity index (χ1n) is 8.36. The van der Waals surface area contributed by atoms with E-state index in [0.717, 1.165) is 26.3 Å². The highest BCUT2D eigenvalue weighted by atomic mass is 16.6. The van der Waals surface area contributed by atoms with Crippen molar-refractivity contribution in [2.45, 2.75) is 20.8 Å². The third kappa shape index (κ3) is 19.8. The number of likely N-dealkylation sites (N-methyl/N-ethyl adjacent to an activating group) is 1. The van der Waals surface area contributed by atoms with Gasteiger partial charge in [0.05, 0.1) is 59.5 Å². The number of ether oxygens (including phenoxy) is 5. The first kappa shape index (κ1) is 21.8. The number of nitrogens with one attached hydrogen (secondary N) is 1. The van der Waals surface area contributed by atoms with Gasteiger partial charge in [0.2, 0.25) is 0 Å². The lowest BCUT2D eigenvalue weighted by Crippen LogP contribution is -2.20. The molecule has 6 nitrogen and oxygen atoms in total. The van der Waals surface area contributed by atoms with E-state index in [0.29, 0.717) is 58.8 Å². The van der Waals surface area contributed by atoms with Gasteiger partial charge in [-0.25, -0.2) is 0 Å². The van der Waals surface area contributed by atoms with Crippen LogP contribution in [0.3, 0.4) is 0 Å². The van der Waals surface area contributed by atoms with Gasteiger partial charge in [-0.15, -0.1) is 0 Å². The Morgan fingerprint density at radius 2 is 1.05 bits per heavy atom. The molecule has 0 saturated carbocycles. The van der Waals surface area contributed by atoms with Gasteiger partial charge in [-0.05, 0) is 12.5 Å². The molecular weight excluding hydrogens is 286 g/mol. The van der Waals surface area contributed by atoms with Gasteiger partial charge < -0.3 is 29.0 Å². The summed E-state index contributed by atoms with van der Waals surface area (Å²) in [6, 6.07) is 0. The minimum atomic E-state index is 0.571. The number of rotatable bonds is 18. The van der Waals surface area contributed by atoms with Crippen molar-refractivity contribution in [2.75, 3.05) is 79.2 Å². The summed E-state index contributed by atoms with van der Waals surface area (Å²) in [6.45, 7) is 14.6. The third-order valence-corrected chi connectivity index (χ3v) is 2.61. The monoisotopic (exact) mass is 321 g/mol. The molecule has 0 heterocycles. The van der Waals surface area contributed by atoms with Crippen LogP contribution in [0.4, 0.5) is 0 Å². The molecule has 134 valence electrons. The Balaban J connectivity index is 2.94. The molecule has 0 rings (SSSR count). The normalized spacial score (nSPS) is 11.5. The standard InChI is InChI=1S/C16H35NO5/c1-4-17-5-6-18-7-8-19-9-10-20-11-12-21-13-14-22-15-16(2)3/h16-17H,4-15H2,1-3H3. The van der Waals surface area contributed by atoms with Crippen LogP contribution < -0.4 is 5.32 Å². The fourth-order valence-electron chi connectivity index (χ4n) is 1.52. The van der Waals surface area contributed by atoms with Crippen molar-refractivity contribution in [3.05, 3.63) is 0 Å². The summed E-state index contributed by atoms with van der Waals surface area (Å²) >= 11 is 0. The number of hydrogen-bond donors (Lipinski definition) is 1. The van der Waals surface area contributed by atoms with Gasteiger partial charge >= 0.3 is 0 Å². The summed E-state index contributed by atoms with van der Waals surface area (Å²) < 4.78 is 27.0. The van der Waals surface area contributed by atoms with Crippen molar-refractivity contribution in [1.29, 1.82) is 0 Å². The van der Waals surface area contributed by atoms with E-state index in [1.165, 1.54) is 0 Å². The van der Waals surface area contributed by atoms with Crippen molar-refractivity contribution in [3.63, 3.8) is 0 Å². The molecule has 0 aromatic rings. The van der Waals surface area contributed by atoms with Crippen LogP contribution in [0.1, 0.15) is 20.8 Å². The second kappa shape index (κ2) is 18.8. The second-order valence-electron chi connectivity index (χ2n) is 5.27. The minimum absolute atomic E-state index is 0.571. The molecule has 0 spiro atoms. The van der Waals surface area contributed by atoms with E-state index in [2.05, 4.69) is 26.1 Å². The van der Waals surface area contributed by atoms with E-state index in [4.69, 9.17) is 23.7 Å². The van der Waals surface area contributed by atoms with Crippen LogP contribution in [0.2, 0.25) is 0 Å². The predicted molar refractivity (Wildman–Crippen MR) is 87.5 cm³/mol. The molecule has 1 N–H and O–H groups in total. The van der Waals surface area contributed by atoms with Crippen molar-refractivity contribution in [3.8, 4) is 0 Å². The second-order valence-corrected chi connectivity index (χ2v) is 5.27. The molecule has 0 radical (unpaired) electrons. The maximum absolute atomic E-state index is 5.41. The van der Waals surface area contributed by atoms with E-state index >= 15 is 0 Å². The highest BCUT2D eigenvalue weighted by molar-refractivity contribution is 4.41. The lowest BCUT2D eigenvalue weighted by atomic mass is 10.2. The summed E-state index contributed by atoms with van der Waals surface area (Å²) in [6.07, 6.45) is 0. The maximum Gasteiger partial charge on any atom is 0.0701 e. The average Bonchev–Trinajstić information content (AvgIpc) is 2.50. The fourth-order valence-corrected chi connectivity index (χ4v) is 1.52. The molecule has 0 atom stereocenters. The van der Waals surface area contributed by atoms with Crippen LogP contribution in [-0.2, 0) is 23.7 Å². The molecule has 0 aliphatic heterocycles. The summed E-state index contributed by atoms with van der Waals surface area (Å²) in [4.78, 5) is 0. The highest BCUT2D eigenvalue weighted by Crippen LogP contribution is 1.91. The summed E-state index contributed by atoms with van der Waals surface area (Å²) in [5, 5.41) is 3.19. The van der Waals surface area contributed by atoms with Crippen molar-refractivity contribution in [1.82, 2.24) is 5.32 Å². The molecule has 0 aliphatic rings. The van der Waals surface area contributed by atoms with E-state index < -0.39 is 0 Å². The molecule has 0 unspecified atom stereocenters. The van der Waals surface area contributed by atoms with Crippen LogP contribution in [0.25, 0.3) is 0 Å². The van der Waals surface area contributed by atoms with Crippen molar-refractivity contribution in [2.24, 2.45) is 5.92 Å². The van der Waals surface area contributed by atoms with Crippen LogP contribution in [0.5, 0.6) is 0 Å². The quantitative estimate of drug-likeness (QED) is 0.384. The smallest absolute Gasteiger partial charge is 0.0701 e. The molecule has 0 saturated heterocycles. The molecule has 0 amide bonds.